The van der Waals surface area contributed by atoms with E-state index < -0.39 is 0 Å². The average molecular weight is 244 g/mol. The Balaban J connectivity index is 2.01. The Hall–Kier alpha value is -1.94. The van der Waals surface area contributed by atoms with Crippen molar-refractivity contribution in [3.63, 3.8) is 0 Å². The third kappa shape index (κ3) is 3.01. The van der Waals surface area contributed by atoms with Crippen LogP contribution in [0.1, 0.15) is 20.8 Å². The van der Waals surface area contributed by atoms with Crippen molar-refractivity contribution in [2.24, 2.45) is 5.10 Å². The van der Waals surface area contributed by atoms with Gasteiger partial charge in [0.05, 0.1) is 6.21 Å². The Morgan fingerprint density at radius 2 is 2.12 bits per heavy atom. The Kier molecular flexibility index (Phi) is 3.67. The second-order valence-electron chi connectivity index (χ2n) is 3.53. The van der Waals surface area contributed by atoms with Crippen LogP contribution in [-0.4, -0.2) is 12.1 Å². The van der Waals surface area contributed by atoms with E-state index in [1.165, 1.54) is 0 Å². The smallest absolute Gasteiger partial charge is 0.267 e. The van der Waals surface area contributed by atoms with Gasteiger partial charge in [0, 0.05) is 10.4 Å². The van der Waals surface area contributed by atoms with E-state index in [0.29, 0.717) is 5.56 Å². The summed E-state index contributed by atoms with van der Waals surface area (Å²) in [6.45, 7) is 1.90. The van der Waals surface area contributed by atoms with Crippen molar-refractivity contribution in [2.75, 3.05) is 0 Å². The number of aryl methyl sites for hydroxylation is 1. The van der Waals surface area contributed by atoms with E-state index >= 15 is 0 Å². The first-order chi connectivity index (χ1) is 8.27. The summed E-state index contributed by atoms with van der Waals surface area (Å²) in [5.41, 5.74) is 4.11. The molecule has 0 saturated carbocycles. The molecule has 0 bridgehead atoms. The minimum atomic E-state index is -0.184. The van der Waals surface area contributed by atoms with Crippen LogP contribution in [0.4, 0.5) is 0 Å². The topological polar surface area (TPSA) is 41.5 Å². The number of thiophene rings is 1. The van der Waals surface area contributed by atoms with Crippen LogP contribution in [-0.2, 0) is 0 Å². The summed E-state index contributed by atoms with van der Waals surface area (Å²) in [5, 5.41) is 5.88. The van der Waals surface area contributed by atoms with Crippen LogP contribution in [0.5, 0.6) is 0 Å². The molecule has 0 aliphatic carbocycles. The fourth-order valence-corrected chi connectivity index (χ4v) is 1.99. The molecule has 1 aromatic carbocycles. The van der Waals surface area contributed by atoms with Gasteiger partial charge in [0.25, 0.3) is 5.91 Å². The van der Waals surface area contributed by atoms with Gasteiger partial charge in [-0.3, -0.25) is 4.79 Å². The number of carbonyl (C=O) groups excluding carboxylic acids is 1. The van der Waals surface area contributed by atoms with Crippen LogP contribution in [0.2, 0.25) is 0 Å². The molecule has 1 amide bonds. The number of nitrogens with one attached hydrogen (secondary N) is 1. The van der Waals surface area contributed by atoms with E-state index in [1.807, 2.05) is 42.6 Å². The van der Waals surface area contributed by atoms with Gasteiger partial charge >= 0.3 is 0 Å². The van der Waals surface area contributed by atoms with E-state index in [-0.39, 0.29) is 5.91 Å². The summed E-state index contributed by atoms with van der Waals surface area (Å²) < 4.78 is 0. The molecule has 0 aliphatic heterocycles. The Labute approximate surface area is 104 Å². The van der Waals surface area contributed by atoms with Gasteiger partial charge in [-0.25, -0.2) is 5.43 Å². The molecule has 0 atom stereocenters. The van der Waals surface area contributed by atoms with Gasteiger partial charge in [-0.1, -0.05) is 24.3 Å². The Bertz CT molecular complexity index is 532. The summed E-state index contributed by atoms with van der Waals surface area (Å²) in [6.07, 6.45) is 1.64. The lowest BCUT2D eigenvalue weighted by atomic mass is 10.1. The molecule has 86 valence electrons. The maximum atomic E-state index is 11.8. The molecule has 4 heteroatoms. The third-order valence-corrected chi connectivity index (χ3v) is 3.10. The van der Waals surface area contributed by atoms with E-state index in [0.717, 1.165) is 10.4 Å². The number of benzene rings is 1. The van der Waals surface area contributed by atoms with Crippen LogP contribution in [0.25, 0.3) is 0 Å². The summed E-state index contributed by atoms with van der Waals surface area (Å²) in [5.74, 6) is -0.184. The summed E-state index contributed by atoms with van der Waals surface area (Å²) in [6, 6.07) is 11.3. The summed E-state index contributed by atoms with van der Waals surface area (Å²) in [4.78, 5) is 12.8. The second kappa shape index (κ2) is 5.41. The lowest BCUT2D eigenvalue weighted by molar-refractivity contribution is 0.0954. The van der Waals surface area contributed by atoms with Crippen molar-refractivity contribution in [3.8, 4) is 0 Å². The summed E-state index contributed by atoms with van der Waals surface area (Å²) in [7, 11) is 0. The number of hydrazone groups is 1. The van der Waals surface area contributed by atoms with Gasteiger partial charge in [0.15, 0.2) is 0 Å². The molecule has 0 radical (unpaired) electrons. The zero-order valence-electron chi connectivity index (χ0n) is 9.38. The molecule has 1 N–H and O–H groups in total. The van der Waals surface area contributed by atoms with Crippen molar-refractivity contribution in [1.82, 2.24) is 5.43 Å². The van der Waals surface area contributed by atoms with Crippen molar-refractivity contribution in [1.29, 1.82) is 0 Å². The highest BCUT2D eigenvalue weighted by atomic mass is 32.1. The van der Waals surface area contributed by atoms with Gasteiger partial charge in [-0.05, 0) is 30.0 Å². The molecular weight excluding hydrogens is 232 g/mol. The molecule has 2 rings (SSSR count). The van der Waals surface area contributed by atoms with E-state index in [2.05, 4.69) is 10.5 Å². The quantitative estimate of drug-likeness (QED) is 0.654. The lowest BCUT2D eigenvalue weighted by Crippen LogP contribution is -2.18. The van der Waals surface area contributed by atoms with Crippen LogP contribution in [0.3, 0.4) is 0 Å². The van der Waals surface area contributed by atoms with E-state index in [9.17, 15) is 4.79 Å². The number of carbonyl (C=O) groups is 1. The molecule has 0 spiro atoms. The molecule has 17 heavy (non-hydrogen) atoms. The van der Waals surface area contributed by atoms with Gasteiger partial charge < -0.3 is 0 Å². The van der Waals surface area contributed by atoms with E-state index in [1.54, 1.807) is 23.6 Å². The molecule has 0 fully saturated rings. The summed E-state index contributed by atoms with van der Waals surface area (Å²) >= 11 is 1.57. The average Bonchev–Trinajstić information content (AvgIpc) is 2.82. The van der Waals surface area contributed by atoms with E-state index in [4.69, 9.17) is 0 Å². The molecule has 2 aromatic rings. The highest BCUT2D eigenvalue weighted by Gasteiger charge is 2.05. The maximum absolute atomic E-state index is 11.8. The number of hydrogen-bond acceptors (Lipinski definition) is 3. The first-order valence-electron chi connectivity index (χ1n) is 5.20. The van der Waals surface area contributed by atoms with Crippen molar-refractivity contribution < 1.29 is 4.79 Å². The largest absolute Gasteiger partial charge is 0.271 e. The van der Waals surface area contributed by atoms with Crippen LogP contribution < -0.4 is 5.43 Å². The first kappa shape index (κ1) is 11.5. The fraction of sp³-hybridized carbons (Fsp3) is 0.0769. The molecule has 3 nitrogen and oxygen atoms in total. The van der Waals surface area contributed by atoms with Gasteiger partial charge in [0.1, 0.15) is 0 Å². The number of rotatable bonds is 3. The molecular formula is C13H12N2OS. The normalized spacial score (nSPS) is 10.6. The van der Waals surface area contributed by atoms with Crippen molar-refractivity contribution in [3.05, 3.63) is 57.8 Å². The molecule has 1 heterocycles. The van der Waals surface area contributed by atoms with Crippen LogP contribution in [0, 0.1) is 6.92 Å². The third-order valence-electron chi connectivity index (χ3n) is 2.29. The predicted molar refractivity (Wildman–Crippen MR) is 70.6 cm³/mol. The molecule has 0 aliphatic rings. The van der Waals surface area contributed by atoms with Crippen molar-refractivity contribution >= 4 is 23.5 Å². The number of nitrogens with zero attached hydrogens (tertiary/aromatic N) is 1. The monoisotopic (exact) mass is 244 g/mol. The SMILES string of the molecule is Cc1ccccc1C(=O)NN=Cc1cccs1. The first-order valence-corrected chi connectivity index (χ1v) is 6.08. The zero-order chi connectivity index (χ0) is 12.1. The number of hydrogen-bond donors (Lipinski definition) is 1. The fourth-order valence-electron chi connectivity index (χ4n) is 1.41. The Morgan fingerprint density at radius 3 is 2.82 bits per heavy atom. The predicted octanol–water partition coefficient (Wildman–Crippen LogP) is 2.82. The zero-order valence-corrected chi connectivity index (χ0v) is 10.2. The minimum absolute atomic E-state index is 0.184. The standard InChI is InChI=1S/C13H12N2OS/c1-10-5-2-3-7-12(10)13(16)15-14-9-11-6-4-8-17-11/h2-9H,1H3,(H,15,16). The number of amides is 1. The highest BCUT2D eigenvalue weighted by Crippen LogP contribution is 2.07. The Morgan fingerprint density at radius 1 is 1.29 bits per heavy atom. The molecule has 0 saturated heterocycles. The van der Waals surface area contributed by atoms with Gasteiger partial charge in [-0.15, -0.1) is 11.3 Å². The molecule has 1 aromatic heterocycles. The van der Waals surface area contributed by atoms with Crippen LogP contribution in [0.15, 0.2) is 46.9 Å². The van der Waals surface area contributed by atoms with Crippen LogP contribution >= 0.6 is 11.3 Å². The van der Waals surface area contributed by atoms with Gasteiger partial charge in [-0.2, -0.15) is 5.10 Å². The second-order valence-corrected chi connectivity index (χ2v) is 4.51. The maximum Gasteiger partial charge on any atom is 0.271 e. The molecule has 0 unspecified atom stereocenters. The van der Waals surface area contributed by atoms with Gasteiger partial charge in [0.2, 0.25) is 0 Å². The minimum Gasteiger partial charge on any atom is -0.267 e. The lowest BCUT2D eigenvalue weighted by Gasteiger charge is -2.02. The highest BCUT2D eigenvalue weighted by molar-refractivity contribution is 7.11. The van der Waals surface area contributed by atoms with Crippen molar-refractivity contribution in [2.45, 2.75) is 6.92 Å².